The van der Waals surface area contributed by atoms with Crippen LogP contribution in [0.3, 0.4) is 0 Å². The van der Waals surface area contributed by atoms with E-state index in [2.05, 4.69) is 0 Å². The van der Waals surface area contributed by atoms with Crippen LogP contribution in [0.2, 0.25) is 10.0 Å². The summed E-state index contributed by atoms with van der Waals surface area (Å²) in [5.74, 6) is -0.801. The first-order valence-corrected chi connectivity index (χ1v) is 6.69. The zero-order chi connectivity index (χ0) is 14.2. The first-order valence-electron chi connectivity index (χ1n) is 5.93. The SMILES string of the molecule is C[C@@H]1CN(C(=O)c2ccc(Cl)cc2Cl)C[C@H]1C(N)=O. The number of amides is 2. The molecule has 0 aliphatic carbocycles. The number of benzene rings is 1. The standard InChI is InChI=1S/C13H14Cl2N2O2/c1-7-5-17(6-10(7)12(16)18)13(19)9-3-2-8(14)4-11(9)15/h2-4,7,10H,5-6H2,1H3,(H2,16,18)/t7-,10-/m1/s1. The van der Waals surface area contributed by atoms with Gasteiger partial charge in [0.2, 0.25) is 5.91 Å². The van der Waals surface area contributed by atoms with E-state index in [1.54, 1.807) is 17.0 Å². The number of rotatable bonds is 2. The third-order valence-electron chi connectivity index (χ3n) is 3.43. The Hall–Kier alpha value is -1.26. The van der Waals surface area contributed by atoms with Crippen LogP contribution in [0.5, 0.6) is 0 Å². The summed E-state index contributed by atoms with van der Waals surface area (Å²) in [5, 5.41) is 0.791. The van der Waals surface area contributed by atoms with Crippen molar-refractivity contribution in [1.29, 1.82) is 0 Å². The average molecular weight is 301 g/mol. The summed E-state index contributed by atoms with van der Waals surface area (Å²) in [6.45, 7) is 2.76. The van der Waals surface area contributed by atoms with Gasteiger partial charge >= 0.3 is 0 Å². The highest BCUT2D eigenvalue weighted by Crippen LogP contribution is 2.27. The largest absolute Gasteiger partial charge is 0.369 e. The molecule has 1 aliphatic heterocycles. The Morgan fingerprint density at radius 1 is 1.32 bits per heavy atom. The van der Waals surface area contributed by atoms with Gasteiger partial charge in [-0.1, -0.05) is 30.1 Å². The van der Waals surface area contributed by atoms with E-state index in [4.69, 9.17) is 28.9 Å². The van der Waals surface area contributed by atoms with Crippen LogP contribution in [0.25, 0.3) is 0 Å². The zero-order valence-electron chi connectivity index (χ0n) is 10.4. The lowest BCUT2D eigenvalue weighted by atomic mass is 9.98. The molecule has 0 saturated carbocycles. The molecule has 0 aromatic heterocycles. The van der Waals surface area contributed by atoms with Crippen molar-refractivity contribution in [1.82, 2.24) is 4.90 Å². The van der Waals surface area contributed by atoms with Crippen LogP contribution in [0, 0.1) is 11.8 Å². The molecule has 102 valence electrons. The molecule has 1 saturated heterocycles. The summed E-state index contributed by atoms with van der Waals surface area (Å²) in [6.07, 6.45) is 0. The Kier molecular flexibility index (Phi) is 4.02. The second-order valence-electron chi connectivity index (χ2n) is 4.82. The van der Waals surface area contributed by atoms with Gasteiger partial charge in [0.25, 0.3) is 5.91 Å². The first kappa shape index (κ1) is 14.2. The topological polar surface area (TPSA) is 63.4 Å². The molecule has 0 bridgehead atoms. The van der Waals surface area contributed by atoms with E-state index in [9.17, 15) is 9.59 Å². The lowest BCUT2D eigenvalue weighted by Crippen LogP contribution is -2.32. The molecular weight excluding hydrogens is 287 g/mol. The Labute approximate surface area is 121 Å². The van der Waals surface area contributed by atoms with Gasteiger partial charge in [0, 0.05) is 18.1 Å². The summed E-state index contributed by atoms with van der Waals surface area (Å²) < 4.78 is 0. The molecule has 2 atom stereocenters. The van der Waals surface area contributed by atoms with Crippen molar-refractivity contribution < 1.29 is 9.59 Å². The highest BCUT2D eigenvalue weighted by Gasteiger charge is 2.36. The molecule has 4 nitrogen and oxygen atoms in total. The molecule has 2 N–H and O–H groups in total. The van der Waals surface area contributed by atoms with Crippen molar-refractivity contribution in [2.75, 3.05) is 13.1 Å². The zero-order valence-corrected chi connectivity index (χ0v) is 11.9. The number of primary amides is 1. The van der Waals surface area contributed by atoms with E-state index in [0.29, 0.717) is 28.7 Å². The van der Waals surface area contributed by atoms with Crippen molar-refractivity contribution in [3.63, 3.8) is 0 Å². The molecule has 19 heavy (non-hydrogen) atoms. The lowest BCUT2D eigenvalue weighted by molar-refractivity contribution is -0.122. The summed E-state index contributed by atoms with van der Waals surface area (Å²) >= 11 is 11.8. The van der Waals surface area contributed by atoms with Gasteiger partial charge in [-0.2, -0.15) is 0 Å². The number of likely N-dealkylation sites (tertiary alicyclic amines) is 1. The molecule has 2 rings (SSSR count). The predicted octanol–water partition coefficient (Wildman–Crippen LogP) is 2.19. The van der Waals surface area contributed by atoms with Crippen LogP contribution < -0.4 is 5.73 Å². The molecule has 1 aliphatic rings. The van der Waals surface area contributed by atoms with E-state index in [-0.39, 0.29) is 23.7 Å². The summed E-state index contributed by atoms with van der Waals surface area (Å²) in [7, 11) is 0. The highest BCUT2D eigenvalue weighted by atomic mass is 35.5. The number of hydrogen-bond donors (Lipinski definition) is 1. The molecule has 1 heterocycles. The monoisotopic (exact) mass is 300 g/mol. The van der Waals surface area contributed by atoms with Gasteiger partial charge in [-0.3, -0.25) is 9.59 Å². The van der Waals surface area contributed by atoms with Crippen molar-refractivity contribution >= 4 is 35.0 Å². The molecule has 0 unspecified atom stereocenters. The van der Waals surface area contributed by atoms with Crippen LogP contribution in [-0.2, 0) is 4.79 Å². The Balaban J connectivity index is 2.19. The van der Waals surface area contributed by atoms with Crippen molar-refractivity contribution in [3.05, 3.63) is 33.8 Å². The van der Waals surface area contributed by atoms with E-state index in [1.807, 2.05) is 6.92 Å². The lowest BCUT2D eigenvalue weighted by Gasteiger charge is -2.16. The molecule has 6 heteroatoms. The van der Waals surface area contributed by atoms with Crippen LogP contribution in [0.15, 0.2) is 18.2 Å². The second kappa shape index (κ2) is 5.39. The van der Waals surface area contributed by atoms with Gasteiger partial charge in [0.1, 0.15) is 0 Å². The van der Waals surface area contributed by atoms with Crippen LogP contribution in [0.1, 0.15) is 17.3 Å². The van der Waals surface area contributed by atoms with Crippen LogP contribution in [-0.4, -0.2) is 29.8 Å². The fourth-order valence-corrected chi connectivity index (χ4v) is 2.83. The summed E-state index contributed by atoms with van der Waals surface area (Å²) in [5.41, 5.74) is 5.71. The van der Waals surface area contributed by atoms with E-state index in [0.717, 1.165) is 0 Å². The summed E-state index contributed by atoms with van der Waals surface area (Å²) in [6, 6.07) is 4.74. The number of nitrogens with two attached hydrogens (primary N) is 1. The fourth-order valence-electron chi connectivity index (χ4n) is 2.34. The molecule has 1 aromatic carbocycles. The maximum Gasteiger partial charge on any atom is 0.255 e. The van der Waals surface area contributed by atoms with Gasteiger partial charge in [-0.15, -0.1) is 0 Å². The van der Waals surface area contributed by atoms with Gasteiger partial charge in [-0.25, -0.2) is 0 Å². The van der Waals surface area contributed by atoms with E-state index in [1.165, 1.54) is 6.07 Å². The molecule has 0 spiro atoms. The number of carbonyl (C=O) groups excluding carboxylic acids is 2. The molecular formula is C13H14Cl2N2O2. The van der Waals surface area contributed by atoms with Crippen molar-refractivity contribution in [2.45, 2.75) is 6.92 Å². The number of hydrogen-bond acceptors (Lipinski definition) is 2. The Morgan fingerprint density at radius 3 is 2.53 bits per heavy atom. The van der Waals surface area contributed by atoms with E-state index < -0.39 is 0 Å². The maximum absolute atomic E-state index is 12.3. The molecule has 2 amide bonds. The van der Waals surface area contributed by atoms with Crippen LogP contribution in [0.4, 0.5) is 0 Å². The first-order chi connectivity index (χ1) is 8.90. The highest BCUT2D eigenvalue weighted by molar-refractivity contribution is 6.36. The Bertz CT molecular complexity index is 533. The van der Waals surface area contributed by atoms with E-state index >= 15 is 0 Å². The molecule has 1 fully saturated rings. The van der Waals surface area contributed by atoms with Crippen molar-refractivity contribution in [3.8, 4) is 0 Å². The minimum absolute atomic E-state index is 0.0625. The maximum atomic E-state index is 12.3. The molecule has 0 radical (unpaired) electrons. The van der Waals surface area contributed by atoms with Crippen molar-refractivity contribution in [2.24, 2.45) is 17.6 Å². The van der Waals surface area contributed by atoms with Gasteiger partial charge in [0.05, 0.1) is 16.5 Å². The molecule has 1 aromatic rings. The number of halogens is 2. The number of carbonyl (C=O) groups is 2. The quantitative estimate of drug-likeness (QED) is 0.910. The third kappa shape index (κ3) is 2.85. The van der Waals surface area contributed by atoms with Gasteiger partial charge < -0.3 is 10.6 Å². The summed E-state index contributed by atoms with van der Waals surface area (Å²) in [4.78, 5) is 25.2. The van der Waals surface area contributed by atoms with Gasteiger partial charge in [-0.05, 0) is 24.1 Å². The second-order valence-corrected chi connectivity index (χ2v) is 5.66. The Morgan fingerprint density at radius 2 is 2.00 bits per heavy atom. The normalized spacial score (nSPS) is 22.6. The minimum Gasteiger partial charge on any atom is -0.369 e. The average Bonchev–Trinajstić information content (AvgIpc) is 2.70. The fraction of sp³-hybridized carbons (Fsp3) is 0.385. The van der Waals surface area contributed by atoms with Crippen LogP contribution >= 0.6 is 23.2 Å². The predicted molar refractivity (Wildman–Crippen MR) is 74.2 cm³/mol. The minimum atomic E-state index is -0.370. The van der Waals surface area contributed by atoms with Gasteiger partial charge in [0.15, 0.2) is 0 Å². The number of nitrogens with zero attached hydrogens (tertiary/aromatic N) is 1. The smallest absolute Gasteiger partial charge is 0.255 e. The third-order valence-corrected chi connectivity index (χ3v) is 3.97.